The standard InChI is InChI=1S/C27H30N2O/c1-18(2)23-16-12-20(4)25-26(22-8-6-5-7-9-22)28-29(27(23)25)24(30)17-15-21-13-10-19(3)11-14-21/h5-11,13-15,17-18,20,23H,12,16H2,1-4H3/b17-15+/t20-,23-/m0/s1. The van der Waals surface area contributed by atoms with Crippen LogP contribution in [0, 0.1) is 12.8 Å². The molecule has 0 fully saturated rings. The molecule has 154 valence electrons. The fourth-order valence-electron chi connectivity index (χ4n) is 4.54. The number of carbonyl (C=O) groups excluding carboxylic acids is 1. The molecule has 4 rings (SSSR count). The number of aryl methyl sites for hydroxylation is 1. The van der Waals surface area contributed by atoms with Gasteiger partial charge in [0.05, 0.1) is 11.4 Å². The number of hydrogen-bond acceptors (Lipinski definition) is 2. The van der Waals surface area contributed by atoms with Crippen molar-refractivity contribution >= 4 is 12.0 Å². The minimum absolute atomic E-state index is 0.0752. The van der Waals surface area contributed by atoms with Gasteiger partial charge in [-0.05, 0) is 43.2 Å². The van der Waals surface area contributed by atoms with Crippen molar-refractivity contribution in [1.29, 1.82) is 0 Å². The van der Waals surface area contributed by atoms with Crippen molar-refractivity contribution < 1.29 is 4.79 Å². The van der Waals surface area contributed by atoms with Crippen molar-refractivity contribution in [2.75, 3.05) is 0 Å². The second kappa shape index (κ2) is 8.43. The topological polar surface area (TPSA) is 34.9 Å². The van der Waals surface area contributed by atoms with Gasteiger partial charge in [0.25, 0.3) is 5.91 Å². The highest BCUT2D eigenvalue weighted by Crippen LogP contribution is 2.46. The second-order valence-corrected chi connectivity index (χ2v) is 8.84. The zero-order valence-electron chi connectivity index (χ0n) is 18.3. The van der Waals surface area contributed by atoms with Gasteiger partial charge in [0.2, 0.25) is 0 Å². The summed E-state index contributed by atoms with van der Waals surface area (Å²) in [5.41, 5.74) is 6.64. The molecule has 0 bridgehead atoms. The van der Waals surface area contributed by atoms with Crippen LogP contribution < -0.4 is 0 Å². The lowest BCUT2D eigenvalue weighted by Crippen LogP contribution is -2.23. The number of rotatable bonds is 4. The third kappa shape index (κ3) is 3.89. The Balaban J connectivity index is 1.80. The molecular formula is C27H30N2O. The molecule has 3 heteroatoms. The van der Waals surface area contributed by atoms with Gasteiger partial charge >= 0.3 is 0 Å². The normalized spacial score (nSPS) is 18.7. The fraction of sp³-hybridized carbons (Fsp3) is 0.333. The van der Waals surface area contributed by atoms with E-state index in [1.807, 2.05) is 36.4 Å². The van der Waals surface area contributed by atoms with Gasteiger partial charge in [0, 0.05) is 23.1 Å². The van der Waals surface area contributed by atoms with Crippen molar-refractivity contribution in [3.63, 3.8) is 0 Å². The molecule has 0 saturated carbocycles. The van der Waals surface area contributed by atoms with E-state index in [-0.39, 0.29) is 5.91 Å². The molecule has 3 aromatic rings. The van der Waals surface area contributed by atoms with Crippen molar-refractivity contribution in [3.8, 4) is 11.3 Å². The van der Waals surface area contributed by atoms with Crippen molar-refractivity contribution in [3.05, 3.63) is 83.1 Å². The third-order valence-corrected chi connectivity index (χ3v) is 6.27. The van der Waals surface area contributed by atoms with E-state index in [1.54, 1.807) is 10.8 Å². The first kappa shape index (κ1) is 20.3. The van der Waals surface area contributed by atoms with Crippen molar-refractivity contribution in [1.82, 2.24) is 9.78 Å². The lowest BCUT2D eigenvalue weighted by molar-refractivity contribution is 0.0947. The molecule has 0 unspecified atom stereocenters. The van der Waals surface area contributed by atoms with Gasteiger partial charge in [-0.25, -0.2) is 4.68 Å². The molecular weight excluding hydrogens is 368 g/mol. The van der Waals surface area contributed by atoms with E-state index in [0.29, 0.717) is 17.8 Å². The summed E-state index contributed by atoms with van der Waals surface area (Å²) < 4.78 is 1.68. The summed E-state index contributed by atoms with van der Waals surface area (Å²) in [5, 5.41) is 4.89. The summed E-state index contributed by atoms with van der Waals surface area (Å²) in [5.74, 6) is 1.13. The number of nitrogens with zero attached hydrogens (tertiary/aromatic N) is 2. The molecule has 0 N–H and O–H groups in total. The van der Waals surface area contributed by atoms with E-state index in [4.69, 9.17) is 5.10 Å². The van der Waals surface area contributed by atoms with Gasteiger partial charge in [0.15, 0.2) is 0 Å². The number of carbonyl (C=O) groups is 1. The van der Waals surface area contributed by atoms with Crippen LogP contribution in [0.15, 0.2) is 60.7 Å². The largest absolute Gasteiger partial charge is 0.271 e. The van der Waals surface area contributed by atoms with E-state index in [1.165, 1.54) is 11.1 Å². The fourth-order valence-corrected chi connectivity index (χ4v) is 4.54. The number of allylic oxidation sites excluding steroid dienone is 1. The predicted octanol–water partition coefficient (Wildman–Crippen LogP) is 6.85. The molecule has 2 atom stereocenters. The Kier molecular flexibility index (Phi) is 5.72. The molecule has 3 nitrogen and oxygen atoms in total. The van der Waals surface area contributed by atoms with Gasteiger partial charge in [-0.3, -0.25) is 4.79 Å². The molecule has 30 heavy (non-hydrogen) atoms. The summed E-state index contributed by atoms with van der Waals surface area (Å²) >= 11 is 0. The highest BCUT2D eigenvalue weighted by molar-refractivity contribution is 5.94. The molecule has 0 spiro atoms. The minimum atomic E-state index is -0.0752. The van der Waals surface area contributed by atoms with Gasteiger partial charge in [-0.2, -0.15) is 5.10 Å². The van der Waals surface area contributed by atoms with Crippen LogP contribution in [0.2, 0.25) is 0 Å². The number of fused-ring (bicyclic) bond motifs is 1. The number of benzene rings is 2. The number of hydrogen-bond donors (Lipinski definition) is 0. The van der Waals surface area contributed by atoms with Crippen LogP contribution in [0.25, 0.3) is 17.3 Å². The molecule has 0 radical (unpaired) electrons. The summed E-state index contributed by atoms with van der Waals surface area (Å²) in [6.45, 7) is 8.82. The molecule has 1 aliphatic rings. The second-order valence-electron chi connectivity index (χ2n) is 8.84. The van der Waals surface area contributed by atoms with E-state index in [2.05, 4.69) is 52.0 Å². The molecule has 1 aromatic heterocycles. The quantitative estimate of drug-likeness (QED) is 0.451. The van der Waals surface area contributed by atoms with Crippen molar-refractivity contribution in [2.24, 2.45) is 5.92 Å². The van der Waals surface area contributed by atoms with Gasteiger partial charge < -0.3 is 0 Å². The van der Waals surface area contributed by atoms with Crippen LogP contribution in [0.3, 0.4) is 0 Å². The highest BCUT2D eigenvalue weighted by Gasteiger charge is 2.35. The Hall–Kier alpha value is -2.94. The first-order valence-corrected chi connectivity index (χ1v) is 10.9. The Morgan fingerprint density at radius 1 is 1.07 bits per heavy atom. The van der Waals surface area contributed by atoms with Crippen LogP contribution >= 0.6 is 0 Å². The lowest BCUT2D eigenvalue weighted by atomic mass is 9.75. The SMILES string of the molecule is Cc1ccc(/C=C/C(=O)n2nc(-c3ccccc3)c3c2[C@H](C(C)C)CC[C@@H]3C)cc1. The minimum Gasteiger partial charge on any atom is -0.267 e. The first-order chi connectivity index (χ1) is 14.5. The molecule has 1 heterocycles. The Bertz CT molecular complexity index is 1060. The van der Waals surface area contributed by atoms with Crippen LogP contribution in [-0.4, -0.2) is 15.7 Å². The summed E-state index contributed by atoms with van der Waals surface area (Å²) in [7, 11) is 0. The van der Waals surface area contributed by atoms with E-state index >= 15 is 0 Å². The average molecular weight is 399 g/mol. The molecule has 2 aromatic carbocycles. The Morgan fingerprint density at radius 2 is 1.77 bits per heavy atom. The Morgan fingerprint density at radius 3 is 2.43 bits per heavy atom. The summed E-state index contributed by atoms with van der Waals surface area (Å²) in [4.78, 5) is 13.3. The van der Waals surface area contributed by atoms with Crippen LogP contribution in [0.5, 0.6) is 0 Å². The monoisotopic (exact) mass is 398 g/mol. The first-order valence-electron chi connectivity index (χ1n) is 10.9. The van der Waals surface area contributed by atoms with Crippen LogP contribution in [0.4, 0.5) is 0 Å². The van der Waals surface area contributed by atoms with Crippen molar-refractivity contribution in [2.45, 2.75) is 52.4 Å². The smallest absolute Gasteiger partial charge is 0.267 e. The maximum absolute atomic E-state index is 13.3. The Labute approximate surface area is 179 Å². The van der Waals surface area contributed by atoms with Gasteiger partial charge in [0.1, 0.15) is 0 Å². The highest BCUT2D eigenvalue weighted by atomic mass is 16.2. The van der Waals surface area contributed by atoms with Gasteiger partial charge in [-0.15, -0.1) is 0 Å². The predicted molar refractivity (Wildman–Crippen MR) is 124 cm³/mol. The number of aromatic nitrogens is 2. The van der Waals surface area contributed by atoms with E-state index in [9.17, 15) is 4.79 Å². The van der Waals surface area contributed by atoms with Crippen LogP contribution in [-0.2, 0) is 0 Å². The zero-order chi connectivity index (χ0) is 21.3. The molecule has 0 saturated heterocycles. The third-order valence-electron chi connectivity index (χ3n) is 6.27. The van der Waals surface area contributed by atoms with E-state index in [0.717, 1.165) is 35.4 Å². The maximum Gasteiger partial charge on any atom is 0.271 e. The maximum atomic E-state index is 13.3. The summed E-state index contributed by atoms with van der Waals surface area (Å²) in [6.07, 6.45) is 5.77. The molecule has 1 aliphatic carbocycles. The molecule has 0 amide bonds. The average Bonchev–Trinajstić information content (AvgIpc) is 3.15. The zero-order valence-corrected chi connectivity index (χ0v) is 18.3. The van der Waals surface area contributed by atoms with Crippen LogP contribution in [0.1, 0.15) is 72.6 Å². The lowest BCUT2D eigenvalue weighted by Gasteiger charge is -2.30. The van der Waals surface area contributed by atoms with E-state index < -0.39 is 0 Å². The molecule has 0 aliphatic heterocycles. The summed E-state index contributed by atoms with van der Waals surface area (Å²) in [6, 6.07) is 18.5. The van der Waals surface area contributed by atoms with Gasteiger partial charge in [-0.1, -0.05) is 80.9 Å².